The Bertz CT molecular complexity index is 754. The molecule has 0 radical (unpaired) electrons. The highest BCUT2D eigenvalue weighted by Gasteiger charge is 2.16. The van der Waals surface area contributed by atoms with Crippen molar-refractivity contribution in [1.82, 2.24) is 19.3 Å². The van der Waals surface area contributed by atoms with Crippen LogP contribution in [0.5, 0.6) is 0 Å². The molecule has 0 spiro atoms. The first-order valence-corrected chi connectivity index (χ1v) is 7.33. The van der Waals surface area contributed by atoms with E-state index in [0.29, 0.717) is 12.5 Å². The number of imidazole rings is 1. The van der Waals surface area contributed by atoms with Gasteiger partial charge in [-0.2, -0.15) is 5.10 Å². The lowest BCUT2D eigenvalue weighted by Gasteiger charge is -2.08. The van der Waals surface area contributed by atoms with Crippen molar-refractivity contribution < 1.29 is 0 Å². The summed E-state index contributed by atoms with van der Waals surface area (Å²) in [6.45, 7) is 5.53. The summed E-state index contributed by atoms with van der Waals surface area (Å²) >= 11 is 3.45. The second-order valence-electron chi connectivity index (χ2n) is 4.76. The lowest BCUT2D eigenvalue weighted by molar-refractivity contribution is 0.648. The predicted octanol–water partition coefficient (Wildman–Crippen LogP) is 2.95. The average Bonchev–Trinajstić information content (AvgIpc) is 2.91. The van der Waals surface area contributed by atoms with Crippen molar-refractivity contribution in [2.24, 2.45) is 0 Å². The van der Waals surface area contributed by atoms with Crippen LogP contribution in [0, 0.1) is 6.92 Å². The Morgan fingerprint density at radius 1 is 1.25 bits per heavy atom. The predicted molar refractivity (Wildman–Crippen MR) is 83.6 cm³/mol. The topological polar surface area (TPSA) is 61.7 Å². The zero-order chi connectivity index (χ0) is 14.3. The summed E-state index contributed by atoms with van der Waals surface area (Å²) in [4.78, 5) is 4.44. The first kappa shape index (κ1) is 13.2. The Hall–Kier alpha value is -1.82. The fourth-order valence-corrected chi connectivity index (χ4v) is 2.65. The number of aromatic nitrogens is 4. The highest BCUT2D eigenvalue weighted by molar-refractivity contribution is 9.10. The summed E-state index contributed by atoms with van der Waals surface area (Å²) in [6.07, 6.45) is 0. The van der Waals surface area contributed by atoms with Crippen LogP contribution >= 0.6 is 15.9 Å². The lowest BCUT2D eigenvalue weighted by atomic mass is 10.2. The van der Waals surface area contributed by atoms with Gasteiger partial charge >= 0.3 is 0 Å². The molecule has 2 aromatic heterocycles. The number of nitrogens with two attached hydrogens (primary N) is 1. The number of fused-ring (bicyclic) bond motifs is 1. The quantitative estimate of drug-likeness (QED) is 0.801. The van der Waals surface area contributed by atoms with Crippen molar-refractivity contribution in [3.63, 3.8) is 0 Å². The number of nitrogen functional groups attached to an aromatic ring is 1. The van der Waals surface area contributed by atoms with Gasteiger partial charge in [-0.25, -0.2) is 9.67 Å². The maximum atomic E-state index is 6.07. The molecule has 6 heteroatoms. The maximum absolute atomic E-state index is 6.07. The fraction of sp³-hybridized carbons (Fsp3) is 0.286. The monoisotopic (exact) mass is 333 g/mol. The van der Waals surface area contributed by atoms with Crippen molar-refractivity contribution in [2.75, 3.05) is 5.73 Å². The first-order valence-electron chi connectivity index (χ1n) is 6.53. The van der Waals surface area contributed by atoms with Crippen molar-refractivity contribution in [3.8, 4) is 0 Å². The molecule has 0 aliphatic heterocycles. The van der Waals surface area contributed by atoms with Gasteiger partial charge in [0.05, 0.1) is 12.2 Å². The zero-order valence-corrected chi connectivity index (χ0v) is 13.1. The van der Waals surface area contributed by atoms with E-state index in [0.717, 1.165) is 27.9 Å². The minimum absolute atomic E-state index is 0.533. The lowest BCUT2D eigenvalue weighted by Crippen LogP contribution is -2.09. The number of hydrogen-bond acceptors (Lipinski definition) is 3. The van der Waals surface area contributed by atoms with E-state index in [2.05, 4.69) is 45.1 Å². The number of aryl methyl sites for hydroxylation is 2. The molecule has 0 saturated heterocycles. The third kappa shape index (κ3) is 2.10. The Morgan fingerprint density at radius 3 is 2.60 bits per heavy atom. The summed E-state index contributed by atoms with van der Waals surface area (Å²) in [5.74, 6) is 0.533. The van der Waals surface area contributed by atoms with E-state index in [-0.39, 0.29) is 0 Å². The molecule has 0 atom stereocenters. The summed E-state index contributed by atoms with van der Waals surface area (Å²) in [7, 11) is 0. The van der Waals surface area contributed by atoms with Gasteiger partial charge < -0.3 is 5.73 Å². The SMILES string of the molecule is CCn1nc(C)c2nc(N)n(Cc3ccc(Br)cc3)c21. The molecule has 20 heavy (non-hydrogen) atoms. The molecule has 0 bridgehead atoms. The van der Waals surface area contributed by atoms with Gasteiger partial charge in [0.25, 0.3) is 0 Å². The van der Waals surface area contributed by atoms with E-state index >= 15 is 0 Å². The Kier molecular flexibility index (Phi) is 3.25. The molecular weight excluding hydrogens is 318 g/mol. The first-order chi connectivity index (χ1) is 9.60. The van der Waals surface area contributed by atoms with Crippen LogP contribution in [-0.2, 0) is 13.1 Å². The van der Waals surface area contributed by atoms with Gasteiger partial charge in [-0.1, -0.05) is 28.1 Å². The fourth-order valence-electron chi connectivity index (χ4n) is 2.39. The van der Waals surface area contributed by atoms with E-state index in [9.17, 15) is 0 Å². The third-order valence-electron chi connectivity index (χ3n) is 3.38. The smallest absolute Gasteiger partial charge is 0.202 e. The van der Waals surface area contributed by atoms with Crippen LogP contribution in [0.2, 0.25) is 0 Å². The molecule has 0 amide bonds. The Morgan fingerprint density at radius 2 is 1.95 bits per heavy atom. The van der Waals surface area contributed by atoms with Gasteiger partial charge in [-0.05, 0) is 31.5 Å². The van der Waals surface area contributed by atoms with Crippen LogP contribution in [0.1, 0.15) is 18.2 Å². The molecule has 0 aliphatic carbocycles. The summed E-state index contributed by atoms with van der Waals surface area (Å²) in [6, 6.07) is 8.22. The molecule has 2 heterocycles. The summed E-state index contributed by atoms with van der Waals surface area (Å²) in [5.41, 5.74) is 10.1. The normalized spacial score (nSPS) is 11.3. The van der Waals surface area contributed by atoms with Gasteiger partial charge in [0.1, 0.15) is 5.52 Å². The molecule has 0 fully saturated rings. The van der Waals surface area contributed by atoms with Crippen LogP contribution in [0.15, 0.2) is 28.7 Å². The van der Waals surface area contributed by atoms with Crippen LogP contribution in [0.4, 0.5) is 5.95 Å². The number of benzene rings is 1. The second kappa shape index (κ2) is 4.94. The Balaban J connectivity index is 2.10. The largest absolute Gasteiger partial charge is 0.369 e. The van der Waals surface area contributed by atoms with Gasteiger partial charge in [0.15, 0.2) is 5.65 Å². The van der Waals surface area contributed by atoms with Crippen LogP contribution in [0.3, 0.4) is 0 Å². The Labute approximate surface area is 125 Å². The van der Waals surface area contributed by atoms with Crippen molar-refractivity contribution >= 4 is 33.0 Å². The van der Waals surface area contributed by atoms with E-state index in [1.54, 1.807) is 0 Å². The molecule has 2 N–H and O–H groups in total. The standard InChI is InChI=1S/C14H16BrN5/c1-3-20-13-12(9(2)18-20)17-14(16)19(13)8-10-4-6-11(15)7-5-10/h4-7H,3,8H2,1-2H3,(H2,16,17). The molecule has 104 valence electrons. The average molecular weight is 334 g/mol. The van der Waals surface area contributed by atoms with Crippen LogP contribution < -0.4 is 5.73 Å². The number of anilines is 1. The summed E-state index contributed by atoms with van der Waals surface area (Å²) in [5, 5.41) is 4.50. The van der Waals surface area contributed by atoms with Crippen molar-refractivity contribution in [2.45, 2.75) is 26.9 Å². The van der Waals surface area contributed by atoms with Gasteiger partial charge in [0, 0.05) is 11.0 Å². The molecule has 5 nitrogen and oxygen atoms in total. The van der Waals surface area contributed by atoms with Gasteiger partial charge in [0.2, 0.25) is 5.95 Å². The maximum Gasteiger partial charge on any atom is 0.202 e. The van der Waals surface area contributed by atoms with E-state index in [4.69, 9.17) is 5.73 Å². The minimum atomic E-state index is 0.533. The van der Waals surface area contributed by atoms with E-state index in [1.807, 2.05) is 28.3 Å². The van der Waals surface area contributed by atoms with E-state index < -0.39 is 0 Å². The van der Waals surface area contributed by atoms with Crippen molar-refractivity contribution in [3.05, 3.63) is 40.0 Å². The van der Waals surface area contributed by atoms with Crippen LogP contribution in [-0.4, -0.2) is 19.3 Å². The zero-order valence-electron chi connectivity index (χ0n) is 11.5. The molecule has 0 unspecified atom stereocenters. The highest BCUT2D eigenvalue weighted by atomic mass is 79.9. The highest BCUT2D eigenvalue weighted by Crippen LogP contribution is 2.22. The molecule has 3 aromatic rings. The van der Waals surface area contributed by atoms with E-state index in [1.165, 1.54) is 5.56 Å². The molecule has 1 aromatic carbocycles. The number of rotatable bonds is 3. The molecule has 0 saturated carbocycles. The minimum Gasteiger partial charge on any atom is -0.369 e. The molecular formula is C14H16BrN5. The second-order valence-corrected chi connectivity index (χ2v) is 5.67. The molecule has 3 rings (SSSR count). The number of halogens is 1. The van der Waals surface area contributed by atoms with Crippen LogP contribution in [0.25, 0.3) is 11.2 Å². The number of nitrogens with zero attached hydrogens (tertiary/aromatic N) is 4. The van der Waals surface area contributed by atoms with Gasteiger partial charge in [-0.3, -0.25) is 4.57 Å². The molecule has 0 aliphatic rings. The number of hydrogen-bond donors (Lipinski definition) is 1. The van der Waals surface area contributed by atoms with Crippen molar-refractivity contribution in [1.29, 1.82) is 0 Å². The third-order valence-corrected chi connectivity index (χ3v) is 3.91. The van der Waals surface area contributed by atoms with Gasteiger partial charge in [-0.15, -0.1) is 0 Å². The summed E-state index contributed by atoms with van der Waals surface area (Å²) < 4.78 is 5.04.